The zero-order valence-corrected chi connectivity index (χ0v) is 20.2. The van der Waals surface area contributed by atoms with Gasteiger partial charge in [0.05, 0.1) is 16.7 Å². The van der Waals surface area contributed by atoms with Gasteiger partial charge in [-0.15, -0.1) is 0 Å². The summed E-state index contributed by atoms with van der Waals surface area (Å²) >= 11 is 0. The van der Waals surface area contributed by atoms with Crippen molar-refractivity contribution >= 4 is 34.9 Å². The van der Waals surface area contributed by atoms with Crippen LogP contribution in [0.5, 0.6) is 0 Å². The van der Waals surface area contributed by atoms with Gasteiger partial charge in [0.25, 0.3) is 11.6 Å². The van der Waals surface area contributed by atoms with Crippen LogP contribution in [0.15, 0.2) is 42.5 Å². The van der Waals surface area contributed by atoms with E-state index in [1.54, 1.807) is 30.3 Å². The molecule has 0 aromatic heterocycles. The third kappa shape index (κ3) is 4.05. The summed E-state index contributed by atoms with van der Waals surface area (Å²) in [6.45, 7) is 6.54. The maximum Gasteiger partial charge on any atom is 0.335 e. The first-order chi connectivity index (χ1) is 16.7. The molecule has 1 saturated heterocycles. The second kappa shape index (κ2) is 9.48. The van der Waals surface area contributed by atoms with E-state index in [-0.39, 0.29) is 12.1 Å². The summed E-state index contributed by atoms with van der Waals surface area (Å²) in [4.78, 5) is 54.9. The quantitative estimate of drug-likeness (QED) is 0.356. The largest absolute Gasteiger partial charge is 0.367 e. The molecule has 4 amide bonds. The molecule has 2 aliphatic heterocycles. The van der Waals surface area contributed by atoms with Crippen molar-refractivity contribution in [2.45, 2.75) is 58.9 Å². The van der Waals surface area contributed by atoms with Gasteiger partial charge in [-0.05, 0) is 43.5 Å². The molecule has 2 aliphatic rings. The first-order valence-corrected chi connectivity index (χ1v) is 12.0. The number of non-ortho nitro benzene ring substituents is 1. The monoisotopic (exact) mass is 478 g/mol. The van der Waals surface area contributed by atoms with Gasteiger partial charge in [0.2, 0.25) is 5.91 Å². The Hall–Kier alpha value is -3.75. The Morgan fingerprint density at radius 1 is 1.09 bits per heavy atom. The highest BCUT2D eigenvalue weighted by Gasteiger charge is 2.62. The Morgan fingerprint density at radius 2 is 1.80 bits per heavy atom. The molecule has 9 nitrogen and oxygen atoms in total. The van der Waals surface area contributed by atoms with Crippen LogP contribution in [0.4, 0.5) is 21.9 Å². The lowest BCUT2D eigenvalue weighted by atomic mass is 9.67. The Morgan fingerprint density at radius 3 is 2.43 bits per heavy atom. The van der Waals surface area contributed by atoms with Gasteiger partial charge < -0.3 is 4.90 Å². The number of urea groups is 1. The molecule has 4 rings (SSSR count). The molecular weight excluding hydrogens is 448 g/mol. The van der Waals surface area contributed by atoms with Gasteiger partial charge in [-0.2, -0.15) is 0 Å². The number of hydrogen-bond donors (Lipinski definition) is 1. The van der Waals surface area contributed by atoms with E-state index in [0.717, 1.165) is 35.4 Å². The van der Waals surface area contributed by atoms with Crippen molar-refractivity contribution < 1.29 is 19.3 Å². The fraction of sp³-hybridized carbons (Fsp3) is 0.423. The first kappa shape index (κ1) is 24.4. The lowest BCUT2D eigenvalue weighted by molar-refractivity contribution is -0.384. The van der Waals surface area contributed by atoms with Crippen molar-refractivity contribution in [3.63, 3.8) is 0 Å². The van der Waals surface area contributed by atoms with E-state index in [4.69, 9.17) is 0 Å². The second-order valence-electron chi connectivity index (χ2n) is 9.31. The fourth-order valence-electron chi connectivity index (χ4n) is 5.27. The first-order valence-electron chi connectivity index (χ1n) is 12.0. The number of aryl methyl sites for hydroxylation is 1. The normalized spacial score (nSPS) is 21.8. The van der Waals surface area contributed by atoms with Crippen molar-refractivity contribution in [2.24, 2.45) is 5.41 Å². The van der Waals surface area contributed by atoms with Crippen LogP contribution < -0.4 is 15.1 Å². The van der Waals surface area contributed by atoms with Gasteiger partial charge in [-0.1, -0.05) is 44.4 Å². The zero-order chi connectivity index (χ0) is 25.3. The molecule has 2 heterocycles. The fourth-order valence-corrected chi connectivity index (χ4v) is 5.27. The number of carbonyl (C=O) groups excluding carboxylic acids is 3. The number of nitrogens with one attached hydrogen (secondary N) is 1. The molecule has 2 aromatic carbocycles. The summed E-state index contributed by atoms with van der Waals surface area (Å²) in [5.41, 5.74) is 1.02. The molecule has 0 saturated carbocycles. The highest BCUT2D eigenvalue weighted by Crippen LogP contribution is 2.47. The number of benzene rings is 2. The Labute approximate surface area is 204 Å². The Bertz CT molecular complexity index is 1180. The second-order valence-corrected chi connectivity index (χ2v) is 9.31. The van der Waals surface area contributed by atoms with E-state index < -0.39 is 34.2 Å². The average Bonchev–Trinajstić information content (AvgIpc) is 2.83. The molecule has 1 spiro atoms. The molecule has 35 heavy (non-hydrogen) atoms. The van der Waals surface area contributed by atoms with E-state index in [1.807, 2.05) is 13.8 Å². The predicted molar refractivity (Wildman–Crippen MR) is 132 cm³/mol. The highest BCUT2D eigenvalue weighted by molar-refractivity contribution is 6.30. The Balaban J connectivity index is 1.91. The van der Waals surface area contributed by atoms with E-state index in [1.165, 1.54) is 12.1 Å². The number of rotatable bonds is 7. The molecule has 2 atom stereocenters. The zero-order valence-electron chi connectivity index (χ0n) is 20.2. The molecular formula is C26H30N4O5. The number of carbonyl (C=O) groups is 3. The van der Waals surface area contributed by atoms with Crippen LogP contribution in [0.1, 0.15) is 50.7 Å². The molecule has 9 heteroatoms. The van der Waals surface area contributed by atoms with Gasteiger partial charge in [0.15, 0.2) is 5.41 Å². The smallest absolute Gasteiger partial charge is 0.335 e. The van der Waals surface area contributed by atoms with Crippen molar-refractivity contribution in [3.05, 3.63) is 63.7 Å². The maximum absolute atomic E-state index is 14.2. The highest BCUT2D eigenvalue weighted by atomic mass is 16.6. The number of hydrogen-bond acceptors (Lipinski definition) is 6. The minimum Gasteiger partial charge on any atom is -0.367 e. The summed E-state index contributed by atoms with van der Waals surface area (Å²) in [6, 6.07) is 10.3. The summed E-state index contributed by atoms with van der Waals surface area (Å²) in [5, 5.41) is 13.9. The van der Waals surface area contributed by atoms with Gasteiger partial charge in [0.1, 0.15) is 0 Å². The molecule has 184 valence electrons. The summed E-state index contributed by atoms with van der Waals surface area (Å²) in [7, 11) is 0. The van der Waals surface area contributed by atoms with Crippen molar-refractivity contribution in [1.29, 1.82) is 0 Å². The maximum atomic E-state index is 14.2. The van der Waals surface area contributed by atoms with Crippen molar-refractivity contribution in [3.8, 4) is 0 Å². The summed E-state index contributed by atoms with van der Waals surface area (Å²) in [6.07, 6.45) is 2.98. The standard InChI is InChI=1S/C26H30N4O5/c1-4-6-14-28-21-13-12-20(30(34)35)15-18(21)16-26(22(28)7-5-2)23(31)27-25(33)29(24(26)32)19-10-8-17(3)9-11-19/h8-13,15,22H,4-7,14,16H2,1-3H3,(H,27,31,33)/t22-,26-/m1/s1. The Kier molecular flexibility index (Phi) is 6.60. The van der Waals surface area contributed by atoms with Crippen molar-refractivity contribution in [1.82, 2.24) is 5.32 Å². The van der Waals surface area contributed by atoms with E-state index in [9.17, 15) is 24.5 Å². The summed E-state index contributed by atoms with van der Waals surface area (Å²) in [5.74, 6) is -1.24. The third-order valence-electron chi connectivity index (χ3n) is 7.02. The molecule has 0 unspecified atom stereocenters. The van der Waals surface area contributed by atoms with Gasteiger partial charge in [-0.25, -0.2) is 9.69 Å². The van der Waals surface area contributed by atoms with Crippen molar-refractivity contribution in [2.75, 3.05) is 16.3 Å². The number of nitro groups is 1. The van der Waals surface area contributed by atoms with E-state index >= 15 is 0 Å². The van der Waals surface area contributed by atoms with Gasteiger partial charge in [0, 0.05) is 30.8 Å². The molecule has 0 bridgehead atoms. The number of amides is 4. The predicted octanol–water partition coefficient (Wildman–Crippen LogP) is 4.50. The molecule has 2 aromatic rings. The third-order valence-corrected chi connectivity index (χ3v) is 7.02. The number of fused-ring (bicyclic) bond motifs is 1. The molecule has 1 fully saturated rings. The SMILES string of the molecule is CCCCN1c2ccc([N+](=O)[O-])cc2C[C@]2(C(=O)NC(=O)N(c3ccc(C)cc3)C2=O)[C@H]1CCC. The molecule has 1 N–H and O–H groups in total. The lowest BCUT2D eigenvalue weighted by Crippen LogP contribution is -2.72. The minimum atomic E-state index is -1.59. The number of anilines is 2. The minimum absolute atomic E-state index is 0.0163. The van der Waals surface area contributed by atoms with Crippen LogP contribution in [0.25, 0.3) is 0 Å². The topological polar surface area (TPSA) is 113 Å². The average molecular weight is 479 g/mol. The van der Waals surface area contributed by atoms with Crippen LogP contribution in [0.3, 0.4) is 0 Å². The van der Waals surface area contributed by atoms with Crippen LogP contribution in [0.2, 0.25) is 0 Å². The number of imide groups is 2. The molecule has 0 radical (unpaired) electrons. The number of nitro benzene ring substituents is 1. The molecule has 0 aliphatic carbocycles. The number of barbiturate groups is 1. The van der Waals surface area contributed by atoms with E-state index in [2.05, 4.69) is 17.1 Å². The van der Waals surface area contributed by atoms with Gasteiger partial charge >= 0.3 is 6.03 Å². The lowest BCUT2D eigenvalue weighted by Gasteiger charge is -2.52. The van der Waals surface area contributed by atoms with Crippen LogP contribution >= 0.6 is 0 Å². The number of nitrogens with zero attached hydrogens (tertiary/aromatic N) is 3. The number of unbranched alkanes of at least 4 members (excludes halogenated alkanes) is 1. The summed E-state index contributed by atoms with van der Waals surface area (Å²) < 4.78 is 0. The van der Waals surface area contributed by atoms with Gasteiger partial charge in [-0.3, -0.25) is 25.0 Å². The van der Waals surface area contributed by atoms with E-state index in [0.29, 0.717) is 24.2 Å². The van der Waals surface area contributed by atoms with Crippen LogP contribution in [0, 0.1) is 22.5 Å². The van der Waals surface area contributed by atoms with Crippen LogP contribution in [-0.4, -0.2) is 35.4 Å². The van der Waals surface area contributed by atoms with Crippen LogP contribution in [-0.2, 0) is 16.0 Å².